The van der Waals surface area contributed by atoms with Crippen molar-refractivity contribution in [1.82, 2.24) is 5.32 Å². The van der Waals surface area contributed by atoms with Crippen molar-refractivity contribution in [3.05, 3.63) is 0 Å². The Kier molecular flexibility index (Phi) is 1.37. The average Bonchev–Trinajstić information content (AvgIpc) is 2.08. The summed E-state index contributed by atoms with van der Waals surface area (Å²) >= 11 is 0. The number of hydrogen-bond acceptors (Lipinski definition) is 2. The van der Waals surface area contributed by atoms with Crippen LogP contribution < -0.4 is 5.32 Å². The van der Waals surface area contributed by atoms with E-state index in [0.717, 1.165) is 0 Å². The van der Waals surface area contributed by atoms with Crippen LogP contribution >= 0.6 is 0 Å². The summed E-state index contributed by atoms with van der Waals surface area (Å²) in [6.45, 7) is -0.241. The summed E-state index contributed by atoms with van der Waals surface area (Å²) in [5, 5.41) is 10.6. The Bertz CT molecular complexity index is 150. The van der Waals surface area contributed by atoms with E-state index in [1.54, 1.807) is 6.07 Å². The Balaban J connectivity index is 2.65. The first-order valence-electron chi connectivity index (χ1n) is 2.65. The van der Waals surface area contributed by atoms with Crippen molar-refractivity contribution >= 4 is 0 Å². The number of rotatable bonds is 0. The predicted molar refractivity (Wildman–Crippen MR) is 26.9 cm³/mol. The van der Waals surface area contributed by atoms with Crippen molar-refractivity contribution in [1.29, 1.82) is 5.26 Å². The van der Waals surface area contributed by atoms with Crippen LogP contribution in [0.3, 0.4) is 0 Å². The maximum absolute atomic E-state index is 12.3. The van der Waals surface area contributed by atoms with Crippen molar-refractivity contribution in [2.24, 2.45) is 5.92 Å². The molecule has 9 heavy (non-hydrogen) atoms. The SMILES string of the molecule is N#CC1CNCC1(F)F. The third-order valence-electron chi connectivity index (χ3n) is 1.37. The second-order valence-electron chi connectivity index (χ2n) is 2.07. The van der Waals surface area contributed by atoms with E-state index in [1.165, 1.54) is 0 Å². The van der Waals surface area contributed by atoms with Gasteiger partial charge in [-0.25, -0.2) is 8.78 Å². The van der Waals surface area contributed by atoms with Crippen LogP contribution in [0.25, 0.3) is 0 Å². The standard InChI is InChI=1S/C5H6F2N2/c6-5(7)3-9-2-4(5)1-8/h4,9H,2-3H2. The number of nitriles is 1. The number of hydrogen-bond donors (Lipinski definition) is 1. The Morgan fingerprint density at radius 1 is 1.67 bits per heavy atom. The monoisotopic (exact) mass is 132 g/mol. The third-order valence-corrected chi connectivity index (χ3v) is 1.37. The second kappa shape index (κ2) is 1.92. The molecule has 1 aliphatic rings. The van der Waals surface area contributed by atoms with Gasteiger partial charge in [-0.05, 0) is 0 Å². The zero-order valence-corrected chi connectivity index (χ0v) is 4.69. The fourth-order valence-corrected chi connectivity index (χ4v) is 0.796. The normalized spacial score (nSPS) is 31.9. The molecule has 0 amide bonds. The molecule has 1 fully saturated rings. The highest BCUT2D eigenvalue weighted by atomic mass is 19.3. The Hall–Kier alpha value is -0.690. The summed E-state index contributed by atoms with van der Waals surface area (Å²) in [7, 11) is 0. The van der Waals surface area contributed by atoms with Crippen LogP contribution in [0.5, 0.6) is 0 Å². The molecule has 0 spiro atoms. The Morgan fingerprint density at radius 2 is 2.33 bits per heavy atom. The molecular weight excluding hydrogens is 126 g/mol. The molecule has 1 unspecified atom stereocenters. The van der Waals surface area contributed by atoms with Gasteiger partial charge in [-0.1, -0.05) is 0 Å². The largest absolute Gasteiger partial charge is 0.310 e. The zero-order valence-electron chi connectivity index (χ0n) is 4.69. The summed E-state index contributed by atoms with van der Waals surface area (Å²) in [5.41, 5.74) is 0. The van der Waals surface area contributed by atoms with Crippen LogP contribution in [0, 0.1) is 17.2 Å². The molecular formula is C5H6F2N2. The molecule has 0 radical (unpaired) electrons. The summed E-state index contributed by atoms with van der Waals surface area (Å²) in [5.74, 6) is -3.94. The molecule has 1 rings (SSSR count). The lowest BCUT2D eigenvalue weighted by atomic mass is 10.1. The van der Waals surface area contributed by atoms with Gasteiger partial charge < -0.3 is 5.32 Å². The lowest BCUT2D eigenvalue weighted by molar-refractivity contribution is -0.00238. The van der Waals surface area contributed by atoms with Crippen molar-refractivity contribution in [2.45, 2.75) is 5.92 Å². The van der Waals surface area contributed by atoms with Gasteiger partial charge in [0.15, 0.2) is 0 Å². The first-order valence-corrected chi connectivity index (χ1v) is 2.65. The molecule has 1 atom stereocenters. The second-order valence-corrected chi connectivity index (χ2v) is 2.07. The van der Waals surface area contributed by atoms with E-state index < -0.39 is 11.8 Å². The zero-order chi connectivity index (χ0) is 6.91. The molecule has 50 valence electrons. The van der Waals surface area contributed by atoms with E-state index >= 15 is 0 Å². The average molecular weight is 132 g/mol. The maximum Gasteiger partial charge on any atom is 0.277 e. The van der Waals surface area contributed by atoms with Crippen LogP contribution in [0.1, 0.15) is 0 Å². The van der Waals surface area contributed by atoms with Crippen molar-refractivity contribution in [3.8, 4) is 6.07 Å². The molecule has 1 saturated heterocycles. The fraction of sp³-hybridized carbons (Fsp3) is 0.800. The summed E-state index contributed by atoms with van der Waals surface area (Å²) < 4.78 is 24.6. The van der Waals surface area contributed by atoms with Gasteiger partial charge in [0.25, 0.3) is 5.92 Å². The number of halogens is 2. The first kappa shape index (κ1) is 6.43. The number of nitrogens with one attached hydrogen (secondary N) is 1. The summed E-state index contributed by atoms with van der Waals surface area (Å²) in [4.78, 5) is 0. The molecule has 0 saturated carbocycles. The minimum Gasteiger partial charge on any atom is -0.310 e. The molecule has 0 aliphatic carbocycles. The minimum absolute atomic E-state index is 0.115. The van der Waals surface area contributed by atoms with E-state index in [9.17, 15) is 8.78 Å². The molecule has 2 nitrogen and oxygen atoms in total. The molecule has 1 aliphatic heterocycles. The molecule has 0 aromatic heterocycles. The fourth-order valence-electron chi connectivity index (χ4n) is 0.796. The van der Waals surface area contributed by atoms with Crippen LogP contribution in [-0.4, -0.2) is 19.0 Å². The van der Waals surface area contributed by atoms with E-state index in [2.05, 4.69) is 5.32 Å². The molecule has 0 bridgehead atoms. The third kappa shape index (κ3) is 1.01. The molecule has 1 N–H and O–H groups in total. The lowest BCUT2D eigenvalue weighted by Crippen LogP contribution is -2.25. The summed E-state index contributed by atoms with van der Waals surface area (Å²) in [6, 6.07) is 1.54. The molecule has 1 heterocycles. The number of nitrogens with zero attached hydrogens (tertiary/aromatic N) is 1. The van der Waals surface area contributed by atoms with Gasteiger partial charge in [-0.15, -0.1) is 0 Å². The predicted octanol–water partition coefficient (Wildman–Crippen LogP) is 0.365. The van der Waals surface area contributed by atoms with E-state index in [0.29, 0.717) is 0 Å². The van der Waals surface area contributed by atoms with Gasteiger partial charge in [-0.3, -0.25) is 0 Å². The molecule has 0 aromatic rings. The van der Waals surface area contributed by atoms with E-state index in [-0.39, 0.29) is 13.1 Å². The quantitative estimate of drug-likeness (QED) is 0.516. The first-order chi connectivity index (χ1) is 4.17. The highest BCUT2D eigenvalue weighted by molar-refractivity contribution is 5.00. The van der Waals surface area contributed by atoms with Crippen molar-refractivity contribution < 1.29 is 8.78 Å². The smallest absolute Gasteiger partial charge is 0.277 e. The maximum atomic E-state index is 12.3. The van der Waals surface area contributed by atoms with Gasteiger partial charge in [0.05, 0.1) is 12.6 Å². The summed E-state index contributed by atoms with van der Waals surface area (Å²) in [6.07, 6.45) is 0. The van der Waals surface area contributed by atoms with Crippen LogP contribution in [-0.2, 0) is 0 Å². The molecule has 4 heteroatoms. The minimum atomic E-state index is -2.81. The van der Waals surface area contributed by atoms with Crippen LogP contribution in [0.15, 0.2) is 0 Å². The van der Waals surface area contributed by atoms with Gasteiger partial charge in [0, 0.05) is 6.54 Å². The van der Waals surface area contributed by atoms with Gasteiger partial charge in [0.1, 0.15) is 5.92 Å². The topological polar surface area (TPSA) is 35.8 Å². The van der Waals surface area contributed by atoms with Crippen LogP contribution in [0.2, 0.25) is 0 Å². The Morgan fingerprint density at radius 3 is 2.56 bits per heavy atom. The Labute approximate surface area is 51.5 Å². The van der Waals surface area contributed by atoms with Gasteiger partial charge >= 0.3 is 0 Å². The number of alkyl halides is 2. The van der Waals surface area contributed by atoms with Crippen molar-refractivity contribution in [2.75, 3.05) is 13.1 Å². The van der Waals surface area contributed by atoms with Crippen LogP contribution in [0.4, 0.5) is 8.78 Å². The van der Waals surface area contributed by atoms with Crippen molar-refractivity contribution in [3.63, 3.8) is 0 Å². The highest BCUT2D eigenvalue weighted by Gasteiger charge is 2.43. The lowest BCUT2D eigenvalue weighted by Gasteiger charge is -2.08. The van der Waals surface area contributed by atoms with Gasteiger partial charge in [0.2, 0.25) is 0 Å². The molecule has 0 aromatic carbocycles. The van der Waals surface area contributed by atoms with E-state index in [1.807, 2.05) is 0 Å². The highest BCUT2D eigenvalue weighted by Crippen LogP contribution is 2.26. The van der Waals surface area contributed by atoms with E-state index in [4.69, 9.17) is 5.26 Å². The van der Waals surface area contributed by atoms with Gasteiger partial charge in [-0.2, -0.15) is 5.26 Å².